The summed E-state index contributed by atoms with van der Waals surface area (Å²) in [5, 5.41) is 0. The van der Waals surface area contributed by atoms with Crippen LogP contribution < -0.4 is 4.74 Å². The number of unbranched alkanes of at least 4 members (excludes halogenated alkanes) is 2. The second-order valence-corrected chi connectivity index (χ2v) is 16.0. The third-order valence-corrected chi connectivity index (χ3v) is 12.9. The molecule has 1 aliphatic carbocycles. The summed E-state index contributed by atoms with van der Waals surface area (Å²) < 4.78 is 43.4. The lowest BCUT2D eigenvalue weighted by Gasteiger charge is -2.41. The van der Waals surface area contributed by atoms with Crippen LogP contribution in [0.25, 0.3) is 0 Å². The molecular formula is C27H43F3OSi. The highest BCUT2D eigenvalue weighted by molar-refractivity contribution is 6.78. The van der Waals surface area contributed by atoms with Crippen molar-refractivity contribution in [1.29, 1.82) is 0 Å². The molecule has 32 heavy (non-hydrogen) atoms. The van der Waals surface area contributed by atoms with Crippen LogP contribution in [0.5, 0.6) is 5.75 Å². The van der Waals surface area contributed by atoms with Crippen molar-refractivity contribution in [3.63, 3.8) is 0 Å². The Morgan fingerprint density at radius 2 is 1.69 bits per heavy atom. The minimum absolute atomic E-state index is 0.0773. The Balaban J connectivity index is 1.36. The van der Waals surface area contributed by atoms with Crippen molar-refractivity contribution < 1.29 is 17.9 Å². The van der Waals surface area contributed by atoms with E-state index in [1.807, 2.05) is 6.07 Å². The molecule has 182 valence electrons. The van der Waals surface area contributed by atoms with Gasteiger partial charge in [-0.25, -0.2) is 13.2 Å². The molecule has 5 heteroatoms. The Bertz CT molecular complexity index is 679. The van der Waals surface area contributed by atoms with Gasteiger partial charge in [-0.1, -0.05) is 82.6 Å². The smallest absolute Gasteiger partial charge is 0.272 e. The second kappa shape index (κ2) is 12.5. The van der Waals surface area contributed by atoms with E-state index in [-0.39, 0.29) is 5.75 Å². The van der Waals surface area contributed by atoms with Crippen molar-refractivity contribution in [2.75, 3.05) is 6.61 Å². The molecule has 0 radical (unpaired) electrons. The molecular weight excluding hydrogens is 425 g/mol. The number of hydrogen-bond acceptors (Lipinski definition) is 1. The normalized spacial score (nSPS) is 28.8. The van der Waals surface area contributed by atoms with E-state index in [0.29, 0.717) is 0 Å². The number of halogens is 3. The molecule has 1 saturated carbocycles. The number of aryl methyl sites for hydroxylation is 1. The Labute approximate surface area is 194 Å². The molecule has 0 N–H and O–H groups in total. The minimum Gasteiger partial charge on any atom is -0.485 e. The lowest BCUT2D eigenvalue weighted by molar-refractivity contribution is 0.0799. The van der Waals surface area contributed by atoms with Crippen LogP contribution in [0.1, 0.15) is 76.7 Å². The maximum Gasteiger partial charge on any atom is 0.272 e. The molecule has 1 heterocycles. The Hall–Kier alpha value is -0.973. The third-order valence-electron chi connectivity index (χ3n) is 8.38. The fourth-order valence-corrected chi connectivity index (χ4v) is 10.1. The molecule has 0 spiro atoms. The molecule has 0 amide bonds. The van der Waals surface area contributed by atoms with Crippen LogP contribution in [0.3, 0.4) is 0 Å². The SMILES string of the molecule is CCCCC[Si]1(C)CCC(C2CCC(CCc3ccc(OCC(F)F)c(F)c3)CC2)CC1. The van der Waals surface area contributed by atoms with Crippen molar-refractivity contribution in [2.24, 2.45) is 17.8 Å². The van der Waals surface area contributed by atoms with Gasteiger partial charge < -0.3 is 4.74 Å². The number of benzene rings is 1. The first-order chi connectivity index (χ1) is 15.4. The zero-order chi connectivity index (χ0) is 23.0. The second-order valence-electron chi connectivity index (χ2n) is 10.9. The van der Waals surface area contributed by atoms with E-state index < -0.39 is 26.9 Å². The fraction of sp³-hybridized carbons (Fsp3) is 0.778. The summed E-state index contributed by atoms with van der Waals surface area (Å²) >= 11 is 0. The average molecular weight is 469 g/mol. The van der Waals surface area contributed by atoms with Gasteiger partial charge in [0.1, 0.15) is 6.61 Å². The van der Waals surface area contributed by atoms with Crippen LogP contribution in [-0.4, -0.2) is 21.1 Å². The molecule has 2 aliphatic rings. The maximum absolute atomic E-state index is 14.1. The van der Waals surface area contributed by atoms with E-state index in [0.717, 1.165) is 36.2 Å². The molecule has 1 aromatic carbocycles. The van der Waals surface area contributed by atoms with Crippen molar-refractivity contribution >= 4 is 8.07 Å². The molecule has 3 rings (SSSR count). The largest absolute Gasteiger partial charge is 0.485 e. The highest BCUT2D eigenvalue weighted by Crippen LogP contribution is 2.44. The lowest BCUT2D eigenvalue weighted by atomic mass is 9.73. The van der Waals surface area contributed by atoms with E-state index in [1.54, 1.807) is 18.1 Å². The first kappa shape index (κ1) is 25.6. The fourth-order valence-electron chi connectivity index (χ4n) is 6.15. The maximum atomic E-state index is 14.1. The van der Waals surface area contributed by atoms with Gasteiger partial charge >= 0.3 is 0 Å². The zero-order valence-corrected chi connectivity index (χ0v) is 21.2. The Kier molecular flexibility index (Phi) is 10.0. The molecule has 1 saturated heterocycles. The standard InChI is InChI=1S/C27H43F3OSi/c1-3-4-5-16-32(2)17-14-24(15-18-32)23-11-8-21(9-12-23)6-7-22-10-13-26(25(28)19-22)31-20-27(29)30/h10,13,19,21,23-24,27H,3-9,11-12,14-18,20H2,1-2H3. The monoisotopic (exact) mass is 468 g/mol. The van der Waals surface area contributed by atoms with E-state index in [4.69, 9.17) is 4.74 Å². The minimum atomic E-state index is -2.59. The van der Waals surface area contributed by atoms with E-state index in [2.05, 4.69) is 13.5 Å². The molecule has 1 aliphatic heterocycles. The van der Waals surface area contributed by atoms with Crippen LogP contribution in [0, 0.1) is 23.6 Å². The third kappa shape index (κ3) is 7.81. The van der Waals surface area contributed by atoms with Crippen LogP contribution in [0.15, 0.2) is 18.2 Å². The summed E-state index contributed by atoms with van der Waals surface area (Å²) in [6, 6.07) is 9.44. The quantitative estimate of drug-likeness (QED) is 0.233. The summed E-state index contributed by atoms with van der Waals surface area (Å²) in [7, 11) is -0.939. The number of rotatable bonds is 11. The van der Waals surface area contributed by atoms with Crippen LogP contribution in [-0.2, 0) is 6.42 Å². The van der Waals surface area contributed by atoms with Crippen LogP contribution in [0.2, 0.25) is 24.7 Å². The molecule has 0 unspecified atom stereocenters. The molecule has 1 nitrogen and oxygen atoms in total. The van der Waals surface area contributed by atoms with Crippen molar-refractivity contribution in [3.05, 3.63) is 29.6 Å². The van der Waals surface area contributed by atoms with Gasteiger partial charge in [0, 0.05) is 0 Å². The molecule has 0 aromatic heterocycles. The summed E-state index contributed by atoms with van der Waals surface area (Å²) in [4.78, 5) is 0. The van der Waals surface area contributed by atoms with Gasteiger partial charge in [0.05, 0.1) is 8.07 Å². The van der Waals surface area contributed by atoms with Crippen molar-refractivity contribution in [3.8, 4) is 5.75 Å². The summed E-state index contributed by atoms with van der Waals surface area (Å²) in [5.74, 6) is 2.03. The number of alkyl halides is 2. The van der Waals surface area contributed by atoms with Gasteiger partial charge in [-0.15, -0.1) is 0 Å². The summed E-state index contributed by atoms with van der Waals surface area (Å²) in [6.07, 6.45) is 11.9. The number of hydrogen-bond donors (Lipinski definition) is 0. The van der Waals surface area contributed by atoms with Crippen molar-refractivity contribution in [1.82, 2.24) is 0 Å². The van der Waals surface area contributed by atoms with Crippen LogP contribution >= 0.6 is 0 Å². The Morgan fingerprint density at radius 1 is 1.00 bits per heavy atom. The van der Waals surface area contributed by atoms with E-state index in [1.165, 1.54) is 69.9 Å². The topological polar surface area (TPSA) is 9.23 Å². The van der Waals surface area contributed by atoms with Gasteiger partial charge in [0.25, 0.3) is 6.43 Å². The molecule has 1 aromatic rings. The summed E-state index contributed by atoms with van der Waals surface area (Å²) in [6.45, 7) is 4.21. The van der Waals surface area contributed by atoms with E-state index >= 15 is 0 Å². The molecule has 0 bridgehead atoms. The predicted molar refractivity (Wildman–Crippen MR) is 130 cm³/mol. The zero-order valence-electron chi connectivity index (χ0n) is 20.2. The van der Waals surface area contributed by atoms with Gasteiger partial charge in [0.2, 0.25) is 0 Å². The predicted octanol–water partition coefficient (Wildman–Crippen LogP) is 8.89. The summed E-state index contributed by atoms with van der Waals surface area (Å²) in [5.41, 5.74) is 0.939. The molecule has 0 atom stereocenters. The van der Waals surface area contributed by atoms with Gasteiger partial charge in [-0.2, -0.15) is 0 Å². The van der Waals surface area contributed by atoms with Crippen molar-refractivity contribution in [2.45, 2.75) is 109 Å². The average Bonchev–Trinajstić information content (AvgIpc) is 2.78. The van der Waals surface area contributed by atoms with Gasteiger partial charge in [-0.05, 0) is 61.1 Å². The highest BCUT2D eigenvalue weighted by Gasteiger charge is 2.36. The van der Waals surface area contributed by atoms with Gasteiger partial charge in [-0.3, -0.25) is 0 Å². The Morgan fingerprint density at radius 3 is 2.31 bits per heavy atom. The lowest BCUT2D eigenvalue weighted by Crippen LogP contribution is -2.37. The molecule has 2 fully saturated rings. The van der Waals surface area contributed by atoms with Crippen LogP contribution in [0.4, 0.5) is 13.2 Å². The first-order valence-electron chi connectivity index (χ1n) is 13.1. The number of ether oxygens (including phenoxy) is 1. The van der Waals surface area contributed by atoms with E-state index in [9.17, 15) is 13.2 Å². The highest BCUT2D eigenvalue weighted by atomic mass is 28.3. The first-order valence-corrected chi connectivity index (χ1v) is 16.2. The van der Waals surface area contributed by atoms with Gasteiger partial charge in [0.15, 0.2) is 11.6 Å².